The van der Waals surface area contributed by atoms with Gasteiger partial charge in [0.2, 0.25) is 0 Å². The molecule has 0 atom stereocenters. The van der Waals surface area contributed by atoms with Gasteiger partial charge in [-0.1, -0.05) is 38.2 Å². The lowest BCUT2D eigenvalue weighted by Crippen LogP contribution is -2.33. The summed E-state index contributed by atoms with van der Waals surface area (Å²) in [5.41, 5.74) is -0.498. The normalized spacial score (nSPS) is 18.0. The van der Waals surface area contributed by atoms with E-state index < -0.39 is 5.41 Å². The smallest absolute Gasteiger partial charge is 0.148 e. The Hall–Kier alpha value is -0.890. The molecule has 1 rings (SSSR count). The summed E-state index contributed by atoms with van der Waals surface area (Å²) in [6.45, 7) is 4.74. The highest BCUT2D eigenvalue weighted by Gasteiger charge is 2.33. The largest absolute Gasteiger partial charge is 0.383 e. The number of carbonyl (C=O) groups is 1. The van der Waals surface area contributed by atoms with E-state index in [-0.39, 0.29) is 5.78 Å². The van der Waals surface area contributed by atoms with Crippen LogP contribution in [-0.4, -0.2) is 19.5 Å². The average molecular weight is 222 g/mol. The standard InChI is InChI=1S/C14H22O2/c1-12(2)7-8-13(15)14(11-16-3)9-5-4-6-10-14/h5-6,9-10,12H,4,7-8,11H2,1-3H3. The number of ether oxygens (including phenoxy) is 1. The van der Waals surface area contributed by atoms with Crippen molar-refractivity contribution in [2.75, 3.05) is 13.7 Å². The third kappa shape index (κ3) is 3.31. The summed E-state index contributed by atoms with van der Waals surface area (Å²) in [5, 5.41) is 0. The van der Waals surface area contributed by atoms with E-state index in [0.717, 1.165) is 12.8 Å². The van der Waals surface area contributed by atoms with E-state index in [4.69, 9.17) is 4.74 Å². The van der Waals surface area contributed by atoms with Crippen LogP contribution in [0.1, 0.15) is 33.1 Å². The van der Waals surface area contributed by atoms with Gasteiger partial charge in [-0.25, -0.2) is 0 Å². The summed E-state index contributed by atoms with van der Waals surface area (Å²) in [6.07, 6.45) is 10.6. The van der Waals surface area contributed by atoms with Gasteiger partial charge in [-0.15, -0.1) is 0 Å². The highest BCUT2D eigenvalue weighted by molar-refractivity contribution is 5.89. The van der Waals surface area contributed by atoms with Crippen molar-refractivity contribution in [2.24, 2.45) is 11.3 Å². The van der Waals surface area contributed by atoms with Crippen molar-refractivity contribution in [1.82, 2.24) is 0 Å². The van der Waals surface area contributed by atoms with Crippen LogP contribution >= 0.6 is 0 Å². The SMILES string of the molecule is COCC1(C(=O)CCC(C)C)C=CCC=C1. The second-order valence-corrected chi connectivity index (χ2v) is 4.87. The lowest BCUT2D eigenvalue weighted by Gasteiger charge is -2.27. The van der Waals surface area contributed by atoms with Gasteiger partial charge in [0.05, 0.1) is 12.0 Å². The molecule has 0 aromatic heterocycles. The highest BCUT2D eigenvalue weighted by Crippen LogP contribution is 2.29. The molecule has 0 aliphatic heterocycles. The summed E-state index contributed by atoms with van der Waals surface area (Å²) in [6, 6.07) is 0. The van der Waals surface area contributed by atoms with Crippen LogP contribution in [0.25, 0.3) is 0 Å². The van der Waals surface area contributed by atoms with Gasteiger partial charge in [0.25, 0.3) is 0 Å². The van der Waals surface area contributed by atoms with Gasteiger partial charge in [0, 0.05) is 13.5 Å². The molecule has 2 nitrogen and oxygen atoms in total. The number of hydrogen-bond donors (Lipinski definition) is 0. The van der Waals surface area contributed by atoms with E-state index in [1.54, 1.807) is 7.11 Å². The van der Waals surface area contributed by atoms with E-state index in [9.17, 15) is 4.79 Å². The Morgan fingerprint density at radius 2 is 2.00 bits per heavy atom. The first-order valence-electron chi connectivity index (χ1n) is 5.98. The van der Waals surface area contributed by atoms with Crippen LogP contribution in [0.2, 0.25) is 0 Å². The van der Waals surface area contributed by atoms with E-state index in [1.165, 1.54) is 0 Å². The molecule has 0 unspecified atom stereocenters. The maximum Gasteiger partial charge on any atom is 0.148 e. The maximum atomic E-state index is 12.2. The number of hydrogen-bond acceptors (Lipinski definition) is 2. The van der Waals surface area contributed by atoms with Crippen molar-refractivity contribution in [3.8, 4) is 0 Å². The van der Waals surface area contributed by atoms with Crippen molar-refractivity contribution >= 4 is 5.78 Å². The Bertz CT molecular complexity index is 275. The summed E-state index contributed by atoms with van der Waals surface area (Å²) in [5.74, 6) is 0.843. The third-order valence-corrected chi connectivity index (χ3v) is 2.95. The fourth-order valence-electron chi connectivity index (χ4n) is 1.94. The number of ketones is 1. The Balaban J connectivity index is 2.69. The second kappa shape index (κ2) is 6.00. The summed E-state index contributed by atoms with van der Waals surface area (Å²) in [7, 11) is 1.65. The summed E-state index contributed by atoms with van der Waals surface area (Å²) < 4.78 is 5.19. The van der Waals surface area contributed by atoms with Gasteiger partial charge in [-0.2, -0.15) is 0 Å². The third-order valence-electron chi connectivity index (χ3n) is 2.95. The van der Waals surface area contributed by atoms with Crippen molar-refractivity contribution in [2.45, 2.75) is 33.1 Å². The van der Waals surface area contributed by atoms with E-state index in [0.29, 0.717) is 18.9 Å². The van der Waals surface area contributed by atoms with E-state index in [1.807, 2.05) is 24.3 Å². The molecule has 0 aromatic carbocycles. The molecule has 2 heteroatoms. The van der Waals surface area contributed by atoms with Gasteiger partial charge < -0.3 is 4.74 Å². The first kappa shape index (κ1) is 13.2. The Kier molecular flexibility index (Phi) is 4.94. The minimum atomic E-state index is -0.498. The van der Waals surface area contributed by atoms with E-state index >= 15 is 0 Å². The van der Waals surface area contributed by atoms with Crippen LogP contribution in [0, 0.1) is 11.3 Å². The van der Waals surface area contributed by atoms with Crippen LogP contribution in [0.5, 0.6) is 0 Å². The molecule has 0 radical (unpaired) electrons. The van der Waals surface area contributed by atoms with Gasteiger partial charge in [0.15, 0.2) is 0 Å². The maximum absolute atomic E-state index is 12.2. The monoisotopic (exact) mass is 222 g/mol. The van der Waals surface area contributed by atoms with Crippen LogP contribution in [-0.2, 0) is 9.53 Å². The molecule has 0 spiro atoms. The number of carbonyl (C=O) groups excluding carboxylic acids is 1. The number of allylic oxidation sites excluding steroid dienone is 2. The molecule has 0 bridgehead atoms. The van der Waals surface area contributed by atoms with E-state index in [2.05, 4.69) is 13.8 Å². The Morgan fingerprint density at radius 3 is 2.50 bits per heavy atom. The molecule has 0 heterocycles. The molecule has 90 valence electrons. The Morgan fingerprint density at radius 1 is 1.38 bits per heavy atom. The van der Waals surface area contributed by atoms with Crippen LogP contribution in [0.4, 0.5) is 0 Å². The van der Waals surface area contributed by atoms with Gasteiger partial charge >= 0.3 is 0 Å². The topological polar surface area (TPSA) is 26.3 Å². The number of methoxy groups -OCH3 is 1. The number of Topliss-reactive ketones (excluding diaryl/α,β-unsaturated/α-hetero) is 1. The Labute approximate surface area is 98.4 Å². The molecule has 1 aliphatic carbocycles. The van der Waals surface area contributed by atoms with Gasteiger partial charge in [-0.05, 0) is 18.8 Å². The first-order valence-corrected chi connectivity index (χ1v) is 5.98. The molecule has 0 fully saturated rings. The van der Waals surface area contributed by atoms with Gasteiger partial charge in [0.1, 0.15) is 5.78 Å². The summed E-state index contributed by atoms with van der Waals surface area (Å²) >= 11 is 0. The zero-order valence-corrected chi connectivity index (χ0v) is 10.5. The zero-order chi connectivity index (χ0) is 12.0. The zero-order valence-electron chi connectivity index (χ0n) is 10.5. The predicted molar refractivity (Wildman–Crippen MR) is 66.3 cm³/mol. The molecule has 0 aromatic rings. The van der Waals surface area contributed by atoms with Crippen molar-refractivity contribution in [1.29, 1.82) is 0 Å². The van der Waals surface area contributed by atoms with Crippen LogP contribution < -0.4 is 0 Å². The average Bonchev–Trinajstić information content (AvgIpc) is 2.27. The molecular weight excluding hydrogens is 200 g/mol. The van der Waals surface area contributed by atoms with Crippen molar-refractivity contribution < 1.29 is 9.53 Å². The lowest BCUT2D eigenvalue weighted by molar-refractivity contribution is -0.126. The van der Waals surface area contributed by atoms with Crippen molar-refractivity contribution in [3.05, 3.63) is 24.3 Å². The minimum Gasteiger partial charge on any atom is -0.383 e. The fourth-order valence-corrected chi connectivity index (χ4v) is 1.94. The molecule has 0 N–H and O–H groups in total. The molecule has 0 saturated heterocycles. The van der Waals surface area contributed by atoms with Crippen molar-refractivity contribution in [3.63, 3.8) is 0 Å². The fraction of sp³-hybridized carbons (Fsp3) is 0.643. The van der Waals surface area contributed by atoms with Crippen LogP contribution in [0.15, 0.2) is 24.3 Å². The molecule has 0 amide bonds. The molecule has 1 aliphatic rings. The molecular formula is C14H22O2. The molecule has 16 heavy (non-hydrogen) atoms. The lowest BCUT2D eigenvalue weighted by atomic mass is 9.78. The molecule has 0 saturated carbocycles. The quantitative estimate of drug-likeness (QED) is 0.645. The predicted octanol–water partition coefficient (Wildman–Crippen LogP) is 3.14. The first-order chi connectivity index (χ1) is 7.60. The second-order valence-electron chi connectivity index (χ2n) is 4.87. The minimum absolute atomic E-state index is 0.273. The summed E-state index contributed by atoms with van der Waals surface area (Å²) in [4.78, 5) is 12.2. The number of rotatable bonds is 6. The highest BCUT2D eigenvalue weighted by atomic mass is 16.5. The van der Waals surface area contributed by atoms with Crippen LogP contribution in [0.3, 0.4) is 0 Å². The van der Waals surface area contributed by atoms with Gasteiger partial charge in [-0.3, -0.25) is 4.79 Å².